The molecule has 0 amide bonds. The molecule has 2 aromatic rings. The predicted molar refractivity (Wildman–Crippen MR) is 76.7 cm³/mol. The van der Waals surface area contributed by atoms with Gasteiger partial charge in [-0.25, -0.2) is 0 Å². The Morgan fingerprint density at radius 2 is 2.26 bits per heavy atom. The number of aliphatic hydroxyl groups excluding tert-OH is 2. The number of hydrogen-bond acceptors (Lipinski definition) is 6. The van der Waals surface area contributed by atoms with E-state index in [1.54, 1.807) is 0 Å². The van der Waals surface area contributed by atoms with Crippen LogP contribution < -0.4 is 0 Å². The molecular formula is C12H13BrN2O3S. The molecular weight excluding hydrogens is 332 g/mol. The van der Waals surface area contributed by atoms with Gasteiger partial charge in [0.05, 0.1) is 18.5 Å². The van der Waals surface area contributed by atoms with E-state index in [9.17, 15) is 5.11 Å². The van der Waals surface area contributed by atoms with Crippen LogP contribution in [0.5, 0.6) is 0 Å². The number of aliphatic hydroxyl groups is 2. The lowest BCUT2D eigenvalue weighted by molar-refractivity contribution is 0.113. The molecule has 0 aliphatic carbocycles. The van der Waals surface area contributed by atoms with E-state index in [2.05, 4.69) is 26.1 Å². The molecule has 0 fully saturated rings. The molecule has 19 heavy (non-hydrogen) atoms. The van der Waals surface area contributed by atoms with Crippen LogP contribution in [0.15, 0.2) is 33.3 Å². The lowest BCUT2D eigenvalue weighted by Crippen LogP contribution is -2.14. The van der Waals surface area contributed by atoms with Crippen molar-refractivity contribution in [2.75, 3.05) is 12.4 Å². The maximum absolute atomic E-state index is 9.21. The van der Waals surface area contributed by atoms with Crippen LogP contribution in [0.3, 0.4) is 0 Å². The first-order valence-corrected chi connectivity index (χ1v) is 7.59. The third kappa shape index (κ3) is 4.31. The van der Waals surface area contributed by atoms with Gasteiger partial charge in [0.15, 0.2) is 0 Å². The Morgan fingerprint density at radius 3 is 3.00 bits per heavy atom. The van der Waals surface area contributed by atoms with Crippen molar-refractivity contribution in [3.05, 3.63) is 34.6 Å². The number of benzene rings is 1. The van der Waals surface area contributed by atoms with Crippen LogP contribution in [0.25, 0.3) is 11.4 Å². The highest BCUT2D eigenvalue weighted by molar-refractivity contribution is 9.10. The highest BCUT2D eigenvalue weighted by Gasteiger charge is 2.10. The van der Waals surface area contributed by atoms with Gasteiger partial charge in [-0.2, -0.15) is 4.98 Å². The molecule has 0 spiro atoms. The zero-order chi connectivity index (χ0) is 13.7. The normalized spacial score (nSPS) is 12.6. The van der Waals surface area contributed by atoms with E-state index >= 15 is 0 Å². The van der Waals surface area contributed by atoms with Crippen LogP contribution >= 0.6 is 27.7 Å². The van der Waals surface area contributed by atoms with Crippen molar-refractivity contribution in [3.8, 4) is 11.4 Å². The molecule has 1 aromatic carbocycles. The fourth-order valence-electron chi connectivity index (χ4n) is 1.39. The summed E-state index contributed by atoms with van der Waals surface area (Å²) in [6, 6.07) is 7.65. The number of nitrogens with zero attached hydrogens (tertiary/aromatic N) is 2. The molecule has 0 radical (unpaired) electrons. The molecule has 1 unspecified atom stereocenters. The minimum Gasteiger partial charge on any atom is -0.394 e. The van der Waals surface area contributed by atoms with Gasteiger partial charge in [-0.1, -0.05) is 33.2 Å². The number of rotatable bonds is 6. The van der Waals surface area contributed by atoms with E-state index in [-0.39, 0.29) is 6.61 Å². The summed E-state index contributed by atoms with van der Waals surface area (Å²) in [6.45, 7) is -0.236. The molecule has 1 aromatic heterocycles. The molecule has 2 rings (SSSR count). The summed E-state index contributed by atoms with van der Waals surface area (Å²) >= 11 is 4.83. The summed E-state index contributed by atoms with van der Waals surface area (Å²) in [4.78, 5) is 4.28. The van der Waals surface area contributed by atoms with Gasteiger partial charge in [0.1, 0.15) is 0 Å². The molecule has 0 saturated carbocycles. The summed E-state index contributed by atoms with van der Waals surface area (Å²) in [5.41, 5.74) is 0.879. The molecule has 5 nitrogen and oxygen atoms in total. The first-order chi connectivity index (χ1) is 9.19. The highest BCUT2D eigenvalue weighted by atomic mass is 79.9. The smallest absolute Gasteiger partial charge is 0.236 e. The average Bonchev–Trinajstić information content (AvgIpc) is 2.87. The molecule has 0 aliphatic rings. The molecule has 102 valence electrons. The Kier molecular flexibility index (Phi) is 5.38. The van der Waals surface area contributed by atoms with Gasteiger partial charge in [-0.05, 0) is 12.1 Å². The lowest BCUT2D eigenvalue weighted by atomic mass is 10.2. The van der Waals surface area contributed by atoms with Gasteiger partial charge in [0, 0.05) is 15.8 Å². The van der Waals surface area contributed by atoms with Crippen LogP contribution in [-0.2, 0) is 5.75 Å². The van der Waals surface area contributed by atoms with Crippen molar-refractivity contribution < 1.29 is 14.7 Å². The third-order valence-corrected chi connectivity index (χ3v) is 3.86. The monoisotopic (exact) mass is 344 g/mol. The van der Waals surface area contributed by atoms with Gasteiger partial charge in [-0.15, -0.1) is 11.8 Å². The Bertz CT molecular complexity index is 535. The Morgan fingerprint density at radius 1 is 1.42 bits per heavy atom. The molecule has 2 N–H and O–H groups in total. The Balaban J connectivity index is 1.95. The van der Waals surface area contributed by atoms with Gasteiger partial charge >= 0.3 is 0 Å². The standard InChI is InChI=1S/C12H13BrN2O3S/c13-9-3-1-2-8(4-9)12-14-11(18-15-12)7-19-6-10(17)5-16/h1-4,10,16-17H,5-7H2. The summed E-state index contributed by atoms with van der Waals surface area (Å²) in [7, 11) is 0. The van der Waals surface area contributed by atoms with Crippen molar-refractivity contribution in [2.45, 2.75) is 11.9 Å². The second kappa shape index (κ2) is 7.04. The van der Waals surface area contributed by atoms with Crippen molar-refractivity contribution in [1.29, 1.82) is 0 Å². The Labute approximate surface area is 123 Å². The molecule has 7 heteroatoms. The first kappa shape index (κ1) is 14.5. The van der Waals surface area contributed by atoms with Crippen molar-refractivity contribution in [1.82, 2.24) is 10.1 Å². The number of aromatic nitrogens is 2. The second-order valence-corrected chi connectivity index (χ2v) is 5.82. The van der Waals surface area contributed by atoms with Crippen molar-refractivity contribution >= 4 is 27.7 Å². The van der Waals surface area contributed by atoms with Crippen LogP contribution in [-0.4, -0.2) is 38.8 Å². The van der Waals surface area contributed by atoms with Crippen LogP contribution in [0.1, 0.15) is 5.89 Å². The van der Waals surface area contributed by atoms with E-state index in [1.165, 1.54) is 11.8 Å². The number of thioether (sulfide) groups is 1. The van der Waals surface area contributed by atoms with Crippen molar-refractivity contribution in [3.63, 3.8) is 0 Å². The summed E-state index contributed by atoms with van der Waals surface area (Å²) < 4.78 is 6.09. The third-order valence-electron chi connectivity index (χ3n) is 2.30. The first-order valence-electron chi connectivity index (χ1n) is 5.64. The van der Waals surface area contributed by atoms with Gasteiger partial charge in [0.2, 0.25) is 11.7 Å². The molecule has 0 bridgehead atoms. The van der Waals surface area contributed by atoms with Crippen LogP contribution in [0.4, 0.5) is 0 Å². The van der Waals surface area contributed by atoms with E-state index in [1.807, 2.05) is 24.3 Å². The van der Waals surface area contributed by atoms with E-state index in [0.29, 0.717) is 23.2 Å². The van der Waals surface area contributed by atoms with E-state index in [4.69, 9.17) is 9.63 Å². The average molecular weight is 345 g/mol. The lowest BCUT2D eigenvalue weighted by Gasteiger charge is -2.03. The van der Waals surface area contributed by atoms with Crippen LogP contribution in [0.2, 0.25) is 0 Å². The van der Waals surface area contributed by atoms with Gasteiger partial charge < -0.3 is 14.7 Å². The topological polar surface area (TPSA) is 79.4 Å². The van der Waals surface area contributed by atoms with Crippen molar-refractivity contribution in [2.24, 2.45) is 0 Å². The summed E-state index contributed by atoms with van der Waals surface area (Å²) in [5, 5.41) is 21.8. The van der Waals surface area contributed by atoms with E-state index < -0.39 is 6.10 Å². The fourth-order valence-corrected chi connectivity index (χ4v) is 2.58. The minimum atomic E-state index is -0.711. The van der Waals surface area contributed by atoms with Gasteiger partial charge in [0.25, 0.3) is 0 Å². The van der Waals surface area contributed by atoms with Crippen LogP contribution in [0, 0.1) is 0 Å². The highest BCUT2D eigenvalue weighted by Crippen LogP contribution is 2.21. The molecule has 0 saturated heterocycles. The van der Waals surface area contributed by atoms with E-state index in [0.717, 1.165) is 10.0 Å². The quantitative estimate of drug-likeness (QED) is 0.835. The Hall–Kier alpha value is -0.890. The maximum Gasteiger partial charge on any atom is 0.236 e. The zero-order valence-corrected chi connectivity index (χ0v) is 12.4. The second-order valence-electron chi connectivity index (χ2n) is 3.87. The predicted octanol–water partition coefficient (Wildman–Crippen LogP) is 2.09. The molecule has 0 aliphatic heterocycles. The molecule has 1 heterocycles. The summed E-state index contributed by atoms with van der Waals surface area (Å²) in [6.07, 6.45) is -0.711. The minimum absolute atomic E-state index is 0.236. The zero-order valence-electron chi connectivity index (χ0n) is 9.99. The largest absolute Gasteiger partial charge is 0.394 e. The maximum atomic E-state index is 9.21. The van der Waals surface area contributed by atoms with Gasteiger partial charge in [-0.3, -0.25) is 0 Å². The molecule has 1 atom stereocenters. The number of hydrogen-bond donors (Lipinski definition) is 2. The summed E-state index contributed by atoms with van der Waals surface area (Å²) in [5.74, 6) is 1.99. The fraction of sp³-hybridized carbons (Fsp3) is 0.333. The number of halogens is 1. The SMILES string of the molecule is OCC(O)CSCc1nc(-c2cccc(Br)c2)no1.